The second kappa shape index (κ2) is 9.13. The van der Waals surface area contributed by atoms with Crippen LogP contribution in [0.3, 0.4) is 0 Å². The van der Waals surface area contributed by atoms with Crippen molar-refractivity contribution in [1.29, 1.82) is 0 Å². The van der Waals surface area contributed by atoms with E-state index in [1.165, 1.54) is 6.42 Å². The third kappa shape index (κ3) is 6.12. The first-order valence-electron chi connectivity index (χ1n) is 7.01. The van der Waals surface area contributed by atoms with Gasteiger partial charge in [0.1, 0.15) is 12.4 Å². The van der Waals surface area contributed by atoms with E-state index >= 15 is 0 Å². The Hall–Kier alpha value is -0.970. The minimum Gasteiger partial charge on any atom is -0.492 e. The number of carbonyl (C=O) groups excluding carboxylic acids is 1. The van der Waals surface area contributed by atoms with Crippen LogP contribution in [0.5, 0.6) is 5.75 Å². The first-order valence-corrected chi connectivity index (χ1v) is 7.38. The van der Waals surface area contributed by atoms with Gasteiger partial charge in [-0.3, -0.25) is 4.79 Å². The number of carbonyl (C=O) groups is 1. The second-order valence-corrected chi connectivity index (χ2v) is 5.55. The van der Waals surface area contributed by atoms with E-state index < -0.39 is 0 Å². The highest BCUT2D eigenvalue weighted by molar-refractivity contribution is 6.30. The third-order valence-corrected chi connectivity index (χ3v) is 3.77. The van der Waals surface area contributed by atoms with Crippen molar-refractivity contribution in [3.8, 4) is 5.75 Å². The molecule has 1 N–H and O–H groups in total. The number of ether oxygens (including phenoxy) is 1. The summed E-state index contributed by atoms with van der Waals surface area (Å²) >= 11 is 5.80. The van der Waals surface area contributed by atoms with Crippen LogP contribution in [0.1, 0.15) is 19.3 Å². The fourth-order valence-electron chi connectivity index (χ4n) is 2.25. The third-order valence-electron chi connectivity index (χ3n) is 3.52. The molecule has 1 amide bonds. The SMILES string of the molecule is CN(CCOc1ccc(Cl)cc1)C(=O)CC1CCCN1.Cl. The first-order chi connectivity index (χ1) is 9.65. The van der Waals surface area contributed by atoms with Crippen LogP contribution in [-0.4, -0.2) is 43.6 Å². The van der Waals surface area contributed by atoms with E-state index in [2.05, 4.69) is 5.32 Å². The van der Waals surface area contributed by atoms with Gasteiger partial charge in [0, 0.05) is 24.5 Å². The topological polar surface area (TPSA) is 41.6 Å². The normalized spacial score (nSPS) is 17.1. The Balaban J connectivity index is 0.00000220. The zero-order chi connectivity index (χ0) is 14.4. The van der Waals surface area contributed by atoms with Crippen LogP contribution in [0.25, 0.3) is 0 Å². The molecule has 0 radical (unpaired) electrons. The highest BCUT2D eigenvalue weighted by atomic mass is 35.5. The van der Waals surface area contributed by atoms with E-state index in [1.54, 1.807) is 17.0 Å². The van der Waals surface area contributed by atoms with E-state index in [1.807, 2.05) is 19.2 Å². The molecule has 0 spiro atoms. The number of likely N-dealkylation sites (N-methyl/N-ethyl adjacent to an activating group) is 1. The summed E-state index contributed by atoms with van der Waals surface area (Å²) < 4.78 is 5.58. The molecule has 118 valence electrons. The summed E-state index contributed by atoms with van der Waals surface area (Å²) in [6.45, 7) is 2.11. The van der Waals surface area contributed by atoms with Crippen LogP contribution in [0.15, 0.2) is 24.3 Å². The standard InChI is InChI=1S/C15H21ClN2O2.ClH/c1-18(15(19)11-13-3-2-8-17-13)9-10-20-14-6-4-12(16)5-7-14;/h4-7,13,17H,2-3,8-11H2,1H3;1H. The molecule has 1 atom stereocenters. The summed E-state index contributed by atoms with van der Waals surface area (Å²) in [5.41, 5.74) is 0. The van der Waals surface area contributed by atoms with E-state index in [4.69, 9.17) is 16.3 Å². The lowest BCUT2D eigenvalue weighted by molar-refractivity contribution is -0.130. The molecule has 1 saturated heterocycles. The Morgan fingerprint density at radius 2 is 2.14 bits per heavy atom. The molecule has 0 saturated carbocycles. The average Bonchev–Trinajstić information content (AvgIpc) is 2.93. The van der Waals surface area contributed by atoms with E-state index in [0.29, 0.717) is 30.6 Å². The summed E-state index contributed by atoms with van der Waals surface area (Å²) in [6.07, 6.45) is 2.85. The van der Waals surface area contributed by atoms with Crippen LogP contribution >= 0.6 is 24.0 Å². The van der Waals surface area contributed by atoms with Gasteiger partial charge < -0.3 is 15.0 Å². The number of nitrogens with one attached hydrogen (secondary N) is 1. The molecule has 0 bridgehead atoms. The molecular weight excluding hydrogens is 311 g/mol. The molecule has 0 aromatic heterocycles. The van der Waals surface area contributed by atoms with Crippen molar-refractivity contribution in [2.45, 2.75) is 25.3 Å². The summed E-state index contributed by atoms with van der Waals surface area (Å²) in [6, 6.07) is 7.58. The van der Waals surface area contributed by atoms with E-state index in [9.17, 15) is 4.79 Å². The van der Waals surface area contributed by atoms with Gasteiger partial charge >= 0.3 is 0 Å². The molecule has 1 aliphatic rings. The van der Waals surface area contributed by atoms with Crippen LogP contribution < -0.4 is 10.1 Å². The molecule has 1 aromatic carbocycles. The van der Waals surface area contributed by atoms with Gasteiger partial charge in [-0.15, -0.1) is 12.4 Å². The van der Waals surface area contributed by atoms with Gasteiger partial charge in [0.15, 0.2) is 0 Å². The second-order valence-electron chi connectivity index (χ2n) is 5.12. The van der Waals surface area contributed by atoms with Gasteiger partial charge in [-0.1, -0.05) is 11.6 Å². The monoisotopic (exact) mass is 332 g/mol. The molecule has 2 rings (SSSR count). The molecule has 21 heavy (non-hydrogen) atoms. The van der Waals surface area contributed by atoms with Gasteiger partial charge in [-0.2, -0.15) is 0 Å². The predicted octanol–water partition coefficient (Wildman–Crippen LogP) is 2.74. The van der Waals surface area contributed by atoms with Crippen LogP contribution in [0, 0.1) is 0 Å². The number of hydrogen-bond acceptors (Lipinski definition) is 3. The fourth-order valence-corrected chi connectivity index (χ4v) is 2.38. The molecule has 1 unspecified atom stereocenters. The van der Waals surface area contributed by atoms with Crippen molar-refractivity contribution in [1.82, 2.24) is 10.2 Å². The van der Waals surface area contributed by atoms with E-state index in [0.717, 1.165) is 18.7 Å². The van der Waals surface area contributed by atoms with Crippen molar-refractivity contribution in [3.05, 3.63) is 29.3 Å². The van der Waals surface area contributed by atoms with Crippen molar-refractivity contribution in [2.75, 3.05) is 26.7 Å². The minimum atomic E-state index is 0. The maximum absolute atomic E-state index is 12.0. The Morgan fingerprint density at radius 3 is 2.76 bits per heavy atom. The molecule has 4 nitrogen and oxygen atoms in total. The zero-order valence-corrected chi connectivity index (χ0v) is 13.8. The number of rotatable bonds is 6. The van der Waals surface area contributed by atoms with Crippen LogP contribution in [-0.2, 0) is 4.79 Å². The quantitative estimate of drug-likeness (QED) is 0.870. The molecule has 1 fully saturated rings. The largest absolute Gasteiger partial charge is 0.492 e. The molecule has 1 aliphatic heterocycles. The smallest absolute Gasteiger partial charge is 0.223 e. The van der Waals surface area contributed by atoms with Crippen molar-refractivity contribution >= 4 is 29.9 Å². The summed E-state index contributed by atoms with van der Waals surface area (Å²) in [5.74, 6) is 0.941. The molecular formula is C15H22Cl2N2O2. The minimum absolute atomic E-state index is 0. The summed E-state index contributed by atoms with van der Waals surface area (Å²) in [7, 11) is 1.82. The number of benzene rings is 1. The maximum atomic E-state index is 12.0. The zero-order valence-electron chi connectivity index (χ0n) is 12.2. The van der Waals surface area contributed by atoms with Crippen molar-refractivity contribution < 1.29 is 9.53 Å². The predicted molar refractivity (Wildman–Crippen MR) is 87.5 cm³/mol. The van der Waals surface area contributed by atoms with Gasteiger partial charge in [-0.25, -0.2) is 0 Å². The molecule has 6 heteroatoms. The lowest BCUT2D eigenvalue weighted by Gasteiger charge is -2.19. The highest BCUT2D eigenvalue weighted by Crippen LogP contribution is 2.15. The molecule has 1 heterocycles. The van der Waals surface area contributed by atoms with Crippen molar-refractivity contribution in [2.24, 2.45) is 0 Å². The van der Waals surface area contributed by atoms with Gasteiger partial charge in [0.05, 0.1) is 6.54 Å². The fraction of sp³-hybridized carbons (Fsp3) is 0.533. The van der Waals surface area contributed by atoms with Gasteiger partial charge in [-0.05, 0) is 43.7 Å². The summed E-state index contributed by atoms with van der Waals surface area (Å²) in [4.78, 5) is 13.7. The lowest BCUT2D eigenvalue weighted by Crippen LogP contribution is -2.35. The Morgan fingerprint density at radius 1 is 1.43 bits per heavy atom. The Labute approximate surface area is 137 Å². The maximum Gasteiger partial charge on any atom is 0.223 e. The first kappa shape index (κ1) is 18.1. The molecule has 0 aliphatic carbocycles. The Bertz CT molecular complexity index is 434. The average molecular weight is 333 g/mol. The number of amides is 1. The van der Waals surface area contributed by atoms with Crippen molar-refractivity contribution in [3.63, 3.8) is 0 Å². The van der Waals surface area contributed by atoms with Crippen LogP contribution in [0.2, 0.25) is 5.02 Å². The Kier molecular flexibility index (Phi) is 7.86. The number of halogens is 2. The highest BCUT2D eigenvalue weighted by Gasteiger charge is 2.19. The summed E-state index contributed by atoms with van der Waals surface area (Å²) in [5, 5.41) is 4.03. The number of hydrogen-bond donors (Lipinski definition) is 1. The van der Waals surface area contributed by atoms with Gasteiger partial charge in [0.25, 0.3) is 0 Å². The van der Waals surface area contributed by atoms with Crippen LogP contribution in [0.4, 0.5) is 0 Å². The lowest BCUT2D eigenvalue weighted by atomic mass is 10.1. The molecule has 1 aromatic rings. The van der Waals surface area contributed by atoms with E-state index in [-0.39, 0.29) is 18.3 Å². The number of nitrogens with zero attached hydrogens (tertiary/aromatic N) is 1. The van der Waals surface area contributed by atoms with Gasteiger partial charge in [0.2, 0.25) is 5.91 Å².